The van der Waals surface area contributed by atoms with Gasteiger partial charge in [0.05, 0.1) is 10.7 Å². The Labute approximate surface area is 208 Å². The van der Waals surface area contributed by atoms with Crippen LogP contribution in [0.4, 0.5) is 15.2 Å². The van der Waals surface area contributed by atoms with Crippen molar-refractivity contribution in [3.8, 4) is 0 Å². The molecule has 1 aliphatic rings. The van der Waals surface area contributed by atoms with E-state index in [0.29, 0.717) is 24.3 Å². The Morgan fingerprint density at radius 3 is 2.74 bits per heavy atom. The van der Waals surface area contributed by atoms with Gasteiger partial charge in [0, 0.05) is 36.8 Å². The lowest BCUT2D eigenvalue weighted by atomic mass is 10.0. The van der Waals surface area contributed by atoms with Gasteiger partial charge in [0.25, 0.3) is 10.0 Å². The quantitative estimate of drug-likeness (QED) is 0.274. The average Bonchev–Trinajstić information content (AvgIpc) is 3.50. The predicted octanol–water partition coefficient (Wildman–Crippen LogP) is 4.62. The summed E-state index contributed by atoms with van der Waals surface area (Å²) < 4.78 is 41.7. The van der Waals surface area contributed by atoms with Gasteiger partial charge in [-0.1, -0.05) is 41.9 Å². The maximum atomic E-state index is 14.6. The molecule has 1 aromatic heterocycles. The van der Waals surface area contributed by atoms with Gasteiger partial charge in [-0.25, -0.2) is 17.8 Å². The minimum Gasteiger partial charge on any atom is -0.384 e. The number of hydrogen-bond donors (Lipinski definition) is 4. The number of anilines is 2. The molecule has 0 amide bonds. The van der Waals surface area contributed by atoms with E-state index in [-0.39, 0.29) is 10.2 Å². The monoisotopic (exact) mass is 523 g/mol. The molecule has 4 N–H and O–H groups in total. The van der Waals surface area contributed by atoms with Crippen molar-refractivity contribution in [2.24, 2.45) is 0 Å². The molecule has 2 aromatic carbocycles. The molecular formula is C23H27ClFN5O2S2. The zero-order valence-electron chi connectivity index (χ0n) is 18.4. The van der Waals surface area contributed by atoms with Gasteiger partial charge in [-0.15, -0.1) is 11.3 Å². The molecule has 0 radical (unpaired) electrons. The standard InChI is InChI=1S/C23H27ClFN5O2S2/c24-18-13-22(34(31,32)30-23-28-10-11-33-23)19(25)14-21(18)27-9-5-4-8-26-17-12-20(29-15-17)16-6-2-1-3-7-16/h1-3,6-7,10-11,13-14,17,20,26-27,29H,4-5,8-9,12,15H2,(H,28,30)/t17-,20+/m1/s1. The second-order valence-corrected chi connectivity index (χ2v) is 11.0. The summed E-state index contributed by atoms with van der Waals surface area (Å²) in [4.78, 5) is 3.34. The van der Waals surface area contributed by atoms with Gasteiger partial charge in [0.2, 0.25) is 0 Å². The Balaban J connectivity index is 1.20. The number of nitrogens with one attached hydrogen (secondary N) is 4. The lowest BCUT2D eigenvalue weighted by Crippen LogP contribution is -2.31. The summed E-state index contributed by atoms with van der Waals surface area (Å²) in [7, 11) is -4.12. The molecule has 4 rings (SSSR count). The first kappa shape index (κ1) is 24.9. The number of hydrogen-bond acceptors (Lipinski definition) is 7. The average molecular weight is 524 g/mol. The van der Waals surface area contributed by atoms with Crippen LogP contribution in [0, 0.1) is 5.82 Å². The third-order valence-electron chi connectivity index (χ3n) is 5.65. The summed E-state index contributed by atoms with van der Waals surface area (Å²) in [5.41, 5.74) is 1.68. The van der Waals surface area contributed by atoms with Gasteiger partial charge in [-0.05, 0) is 43.5 Å². The van der Waals surface area contributed by atoms with Crippen molar-refractivity contribution in [1.82, 2.24) is 15.6 Å². The van der Waals surface area contributed by atoms with Crippen molar-refractivity contribution < 1.29 is 12.8 Å². The molecule has 0 aliphatic carbocycles. The molecule has 1 aliphatic heterocycles. The highest BCUT2D eigenvalue weighted by molar-refractivity contribution is 7.93. The zero-order chi connectivity index (χ0) is 24.0. The predicted molar refractivity (Wildman–Crippen MR) is 136 cm³/mol. The third-order valence-corrected chi connectivity index (χ3v) is 8.13. The van der Waals surface area contributed by atoms with E-state index in [1.54, 1.807) is 5.38 Å². The fourth-order valence-corrected chi connectivity index (χ4v) is 6.09. The molecule has 2 atom stereocenters. The molecule has 0 saturated carbocycles. The zero-order valence-corrected chi connectivity index (χ0v) is 20.8. The largest absolute Gasteiger partial charge is 0.384 e. The molecular weight excluding hydrogens is 497 g/mol. The number of benzene rings is 2. The fraction of sp³-hybridized carbons (Fsp3) is 0.348. The van der Waals surface area contributed by atoms with E-state index < -0.39 is 20.7 Å². The number of sulfonamides is 1. The van der Waals surface area contributed by atoms with Crippen LogP contribution in [-0.2, 0) is 10.0 Å². The van der Waals surface area contributed by atoms with E-state index >= 15 is 0 Å². The lowest BCUT2D eigenvalue weighted by Gasteiger charge is -2.14. The molecule has 1 saturated heterocycles. The Hall–Kier alpha value is -2.24. The Bertz CT molecular complexity index is 1180. The van der Waals surface area contributed by atoms with Gasteiger partial charge in [0.15, 0.2) is 5.13 Å². The summed E-state index contributed by atoms with van der Waals surface area (Å²) in [6.45, 7) is 2.43. The summed E-state index contributed by atoms with van der Waals surface area (Å²) in [5.74, 6) is -0.876. The molecule has 1 fully saturated rings. The minimum absolute atomic E-state index is 0.142. The Morgan fingerprint density at radius 2 is 1.97 bits per heavy atom. The van der Waals surface area contributed by atoms with Gasteiger partial charge in [-0.3, -0.25) is 4.72 Å². The Morgan fingerprint density at radius 1 is 1.18 bits per heavy atom. The number of halogens is 2. The smallest absolute Gasteiger partial charge is 0.266 e. The molecule has 182 valence electrons. The summed E-state index contributed by atoms with van der Waals surface area (Å²) in [6, 6.07) is 13.5. The van der Waals surface area contributed by atoms with E-state index in [2.05, 4.69) is 49.9 Å². The van der Waals surface area contributed by atoms with Gasteiger partial charge in [0.1, 0.15) is 10.7 Å². The van der Waals surface area contributed by atoms with E-state index in [9.17, 15) is 12.8 Å². The number of aromatic nitrogens is 1. The van der Waals surface area contributed by atoms with Crippen LogP contribution in [0.15, 0.2) is 58.9 Å². The molecule has 3 aromatic rings. The molecule has 11 heteroatoms. The first-order valence-corrected chi connectivity index (χ1v) is 13.8. The van der Waals surface area contributed by atoms with Crippen molar-refractivity contribution in [2.45, 2.75) is 36.2 Å². The molecule has 7 nitrogen and oxygen atoms in total. The maximum Gasteiger partial charge on any atom is 0.266 e. The normalized spacial score (nSPS) is 18.2. The van der Waals surface area contributed by atoms with Crippen LogP contribution in [0.1, 0.15) is 30.9 Å². The van der Waals surface area contributed by atoms with Gasteiger partial charge >= 0.3 is 0 Å². The minimum atomic E-state index is -4.12. The fourth-order valence-electron chi connectivity index (χ4n) is 3.92. The van der Waals surface area contributed by atoms with E-state index in [1.165, 1.54) is 11.8 Å². The number of nitrogens with zero attached hydrogens (tertiary/aromatic N) is 1. The van der Waals surface area contributed by atoms with E-state index in [0.717, 1.165) is 55.8 Å². The molecule has 0 bridgehead atoms. The highest BCUT2D eigenvalue weighted by atomic mass is 35.5. The molecule has 0 unspecified atom stereocenters. The van der Waals surface area contributed by atoms with Crippen LogP contribution in [0.25, 0.3) is 0 Å². The van der Waals surface area contributed by atoms with Crippen LogP contribution in [-0.4, -0.2) is 39.1 Å². The second-order valence-electron chi connectivity index (χ2n) is 8.10. The summed E-state index contributed by atoms with van der Waals surface area (Å²) in [5, 5.41) is 12.2. The van der Waals surface area contributed by atoms with Crippen molar-refractivity contribution in [1.29, 1.82) is 0 Å². The van der Waals surface area contributed by atoms with Crippen molar-refractivity contribution in [2.75, 3.05) is 29.7 Å². The highest BCUT2D eigenvalue weighted by Crippen LogP contribution is 2.29. The second kappa shape index (κ2) is 11.5. The first-order valence-electron chi connectivity index (χ1n) is 11.1. The molecule has 34 heavy (non-hydrogen) atoms. The third kappa shape index (κ3) is 6.45. The van der Waals surface area contributed by atoms with E-state index in [4.69, 9.17) is 11.6 Å². The van der Waals surface area contributed by atoms with Crippen molar-refractivity contribution >= 4 is 43.8 Å². The summed E-state index contributed by atoms with van der Waals surface area (Å²) in [6.07, 6.45) is 4.33. The number of rotatable bonds is 11. The van der Waals surface area contributed by atoms with Crippen LogP contribution < -0.4 is 20.7 Å². The SMILES string of the molecule is O=S(=O)(Nc1nccs1)c1cc(Cl)c(NCCCCN[C@H]2CN[C@H](c3ccccc3)C2)cc1F. The lowest BCUT2D eigenvalue weighted by molar-refractivity contribution is 0.521. The topological polar surface area (TPSA) is 95.2 Å². The highest BCUT2D eigenvalue weighted by Gasteiger charge is 2.24. The summed E-state index contributed by atoms with van der Waals surface area (Å²) >= 11 is 7.33. The number of thiazole rings is 1. The molecule has 0 spiro atoms. The van der Waals surface area contributed by atoms with Crippen LogP contribution in [0.3, 0.4) is 0 Å². The van der Waals surface area contributed by atoms with Crippen molar-refractivity contribution in [3.05, 3.63) is 70.4 Å². The van der Waals surface area contributed by atoms with Gasteiger partial charge < -0.3 is 16.0 Å². The Kier molecular flexibility index (Phi) is 8.38. The van der Waals surface area contributed by atoms with Crippen LogP contribution in [0.5, 0.6) is 0 Å². The van der Waals surface area contributed by atoms with Crippen LogP contribution in [0.2, 0.25) is 5.02 Å². The van der Waals surface area contributed by atoms with Crippen molar-refractivity contribution in [3.63, 3.8) is 0 Å². The van der Waals surface area contributed by atoms with E-state index in [1.807, 2.05) is 6.07 Å². The maximum absolute atomic E-state index is 14.6. The number of unbranched alkanes of at least 4 members (excludes halogenated alkanes) is 1. The van der Waals surface area contributed by atoms with Crippen LogP contribution >= 0.6 is 22.9 Å². The van der Waals surface area contributed by atoms with Gasteiger partial charge in [-0.2, -0.15) is 0 Å². The first-order chi connectivity index (χ1) is 16.4. The molecule has 2 heterocycles.